The zero-order chi connectivity index (χ0) is 11.3. The summed E-state index contributed by atoms with van der Waals surface area (Å²) in [4.78, 5) is 4.88. The molecule has 0 radical (unpaired) electrons. The Kier molecular flexibility index (Phi) is 5.09. The summed E-state index contributed by atoms with van der Waals surface area (Å²) in [6, 6.07) is 3.86. The first-order chi connectivity index (χ1) is 7.15. The lowest BCUT2D eigenvalue weighted by molar-refractivity contribution is 0.405. The summed E-state index contributed by atoms with van der Waals surface area (Å²) in [6.45, 7) is 4.43. The predicted octanol–water partition coefficient (Wildman–Crippen LogP) is 3.44. The summed E-state index contributed by atoms with van der Waals surface area (Å²) in [5.74, 6) is 1.54. The number of pyridine rings is 1. The normalized spacial score (nSPS) is 12.9. The van der Waals surface area contributed by atoms with Crippen molar-refractivity contribution in [2.75, 3.05) is 7.11 Å². The molecule has 3 heteroatoms. The quantitative estimate of drug-likeness (QED) is 0.766. The summed E-state index contributed by atoms with van der Waals surface area (Å²) in [6.07, 6.45) is 3.86. The van der Waals surface area contributed by atoms with Crippen molar-refractivity contribution in [2.24, 2.45) is 5.92 Å². The number of aryl methyl sites for hydroxylation is 1. The smallest absolute Gasteiger partial charge is 0.140 e. The Morgan fingerprint density at radius 1 is 1.47 bits per heavy atom. The van der Waals surface area contributed by atoms with Gasteiger partial charge in [0.1, 0.15) is 5.75 Å². The van der Waals surface area contributed by atoms with Crippen LogP contribution in [0.5, 0.6) is 5.75 Å². The van der Waals surface area contributed by atoms with E-state index < -0.39 is 0 Å². The maximum atomic E-state index is 5.26. The summed E-state index contributed by atoms with van der Waals surface area (Å²) in [5.41, 5.74) is 1.05. The second-order valence-corrected chi connectivity index (χ2v) is 5.13. The van der Waals surface area contributed by atoms with Gasteiger partial charge in [-0.1, -0.05) is 29.8 Å². The lowest BCUT2D eigenvalue weighted by atomic mass is 10.0. The van der Waals surface area contributed by atoms with Crippen molar-refractivity contribution >= 4 is 15.9 Å². The van der Waals surface area contributed by atoms with Gasteiger partial charge in [0.2, 0.25) is 0 Å². The van der Waals surface area contributed by atoms with Gasteiger partial charge in [-0.3, -0.25) is 4.98 Å². The van der Waals surface area contributed by atoms with Crippen LogP contribution < -0.4 is 4.74 Å². The van der Waals surface area contributed by atoms with E-state index in [2.05, 4.69) is 34.8 Å². The van der Waals surface area contributed by atoms with Gasteiger partial charge in [0.05, 0.1) is 12.8 Å². The SMILES string of the molecule is COc1cccnc1CCC(Br)C(C)C. The lowest BCUT2D eigenvalue weighted by Gasteiger charge is -2.13. The fourth-order valence-electron chi connectivity index (χ4n) is 1.40. The van der Waals surface area contributed by atoms with Crippen molar-refractivity contribution in [3.8, 4) is 5.75 Å². The van der Waals surface area contributed by atoms with E-state index in [4.69, 9.17) is 4.74 Å². The van der Waals surface area contributed by atoms with Crippen molar-refractivity contribution in [2.45, 2.75) is 31.5 Å². The molecule has 0 aliphatic rings. The molecule has 1 aromatic heterocycles. The van der Waals surface area contributed by atoms with Gasteiger partial charge in [0.15, 0.2) is 0 Å². The number of ether oxygens (including phenoxy) is 1. The van der Waals surface area contributed by atoms with Gasteiger partial charge < -0.3 is 4.74 Å². The highest BCUT2D eigenvalue weighted by Crippen LogP contribution is 2.21. The van der Waals surface area contributed by atoms with Crippen LogP contribution in [0, 0.1) is 5.92 Å². The molecule has 15 heavy (non-hydrogen) atoms. The highest BCUT2D eigenvalue weighted by atomic mass is 79.9. The zero-order valence-corrected chi connectivity index (χ0v) is 11.1. The predicted molar refractivity (Wildman–Crippen MR) is 66.7 cm³/mol. The van der Waals surface area contributed by atoms with E-state index >= 15 is 0 Å². The minimum Gasteiger partial charge on any atom is -0.495 e. The molecule has 2 nitrogen and oxygen atoms in total. The van der Waals surface area contributed by atoms with Crippen LogP contribution >= 0.6 is 15.9 Å². The molecule has 0 aromatic carbocycles. The van der Waals surface area contributed by atoms with Gasteiger partial charge >= 0.3 is 0 Å². The minimum absolute atomic E-state index is 0.546. The van der Waals surface area contributed by atoms with E-state index in [1.165, 1.54) is 0 Å². The van der Waals surface area contributed by atoms with Gasteiger partial charge in [0.25, 0.3) is 0 Å². The third-order valence-electron chi connectivity index (χ3n) is 2.45. The van der Waals surface area contributed by atoms with E-state index in [0.717, 1.165) is 24.3 Å². The lowest BCUT2D eigenvalue weighted by Crippen LogP contribution is -2.09. The van der Waals surface area contributed by atoms with E-state index in [1.54, 1.807) is 7.11 Å². The van der Waals surface area contributed by atoms with Crippen molar-refractivity contribution in [3.05, 3.63) is 24.0 Å². The van der Waals surface area contributed by atoms with Crippen LogP contribution in [-0.2, 0) is 6.42 Å². The van der Waals surface area contributed by atoms with E-state index in [0.29, 0.717) is 10.7 Å². The van der Waals surface area contributed by atoms with Crippen molar-refractivity contribution < 1.29 is 4.74 Å². The van der Waals surface area contributed by atoms with E-state index in [1.807, 2.05) is 18.3 Å². The van der Waals surface area contributed by atoms with Gasteiger partial charge in [-0.2, -0.15) is 0 Å². The zero-order valence-electron chi connectivity index (χ0n) is 9.53. The van der Waals surface area contributed by atoms with Crippen molar-refractivity contribution in [1.29, 1.82) is 0 Å². The van der Waals surface area contributed by atoms with Crippen molar-refractivity contribution in [3.63, 3.8) is 0 Å². The Morgan fingerprint density at radius 3 is 2.80 bits per heavy atom. The number of hydrogen-bond acceptors (Lipinski definition) is 2. The Morgan fingerprint density at radius 2 is 2.20 bits per heavy atom. The molecule has 0 aliphatic heterocycles. The van der Waals surface area contributed by atoms with Crippen molar-refractivity contribution in [1.82, 2.24) is 4.98 Å². The summed E-state index contributed by atoms with van der Waals surface area (Å²) in [7, 11) is 1.69. The van der Waals surface area contributed by atoms with Gasteiger partial charge in [0, 0.05) is 11.0 Å². The van der Waals surface area contributed by atoms with Gasteiger partial charge in [-0.05, 0) is 30.9 Å². The number of nitrogens with zero attached hydrogens (tertiary/aromatic N) is 1. The number of alkyl halides is 1. The first-order valence-electron chi connectivity index (χ1n) is 5.27. The topological polar surface area (TPSA) is 22.1 Å². The molecule has 0 saturated heterocycles. The molecule has 1 rings (SSSR count). The number of methoxy groups -OCH3 is 1. The number of aromatic nitrogens is 1. The van der Waals surface area contributed by atoms with E-state index in [-0.39, 0.29) is 0 Å². The molecule has 0 bridgehead atoms. The van der Waals surface area contributed by atoms with Crippen LogP contribution in [0.2, 0.25) is 0 Å². The average Bonchev–Trinajstić information content (AvgIpc) is 2.26. The fraction of sp³-hybridized carbons (Fsp3) is 0.583. The molecule has 1 atom stereocenters. The van der Waals surface area contributed by atoms with Crippen LogP contribution in [0.15, 0.2) is 18.3 Å². The number of hydrogen-bond donors (Lipinski definition) is 0. The van der Waals surface area contributed by atoms with Crippen LogP contribution in [-0.4, -0.2) is 16.9 Å². The molecule has 0 saturated carbocycles. The molecule has 0 fully saturated rings. The Labute approximate surface area is 100 Å². The summed E-state index contributed by atoms with van der Waals surface area (Å²) < 4.78 is 5.26. The molecule has 0 amide bonds. The van der Waals surface area contributed by atoms with Crippen LogP contribution in [0.3, 0.4) is 0 Å². The summed E-state index contributed by atoms with van der Waals surface area (Å²) >= 11 is 3.68. The van der Waals surface area contributed by atoms with Crippen LogP contribution in [0.25, 0.3) is 0 Å². The first kappa shape index (κ1) is 12.5. The maximum absolute atomic E-state index is 5.26. The molecule has 0 N–H and O–H groups in total. The molecule has 1 unspecified atom stereocenters. The van der Waals surface area contributed by atoms with Gasteiger partial charge in [-0.25, -0.2) is 0 Å². The first-order valence-corrected chi connectivity index (χ1v) is 6.18. The molecular weight excluding hydrogens is 254 g/mol. The average molecular weight is 272 g/mol. The molecule has 1 heterocycles. The maximum Gasteiger partial charge on any atom is 0.140 e. The Hall–Kier alpha value is -0.570. The monoisotopic (exact) mass is 271 g/mol. The van der Waals surface area contributed by atoms with Crippen LogP contribution in [0.1, 0.15) is 26.0 Å². The molecule has 1 aromatic rings. The third-order valence-corrected chi connectivity index (χ3v) is 3.96. The largest absolute Gasteiger partial charge is 0.495 e. The second kappa shape index (κ2) is 6.11. The molecule has 0 aliphatic carbocycles. The standard InChI is InChI=1S/C12H18BrNO/c1-9(2)10(13)6-7-11-12(15-3)5-4-8-14-11/h4-5,8-10H,6-7H2,1-3H3. The highest BCUT2D eigenvalue weighted by Gasteiger charge is 2.11. The summed E-state index contributed by atoms with van der Waals surface area (Å²) in [5, 5.41) is 0. The van der Waals surface area contributed by atoms with Gasteiger partial charge in [-0.15, -0.1) is 0 Å². The minimum atomic E-state index is 0.546. The Balaban J connectivity index is 2.57. The highest BCUT2D eigenvalue weighted by molar-refractivity contribution is 9.09. The number of halogens is 1. The second-order valence-electron chi connectivity index (χ2n) is 3.95. The molecular formula is C12H18BrNO. The molecule has 0 spiro atoms. The van der Waals surface area contributed by atoms with Crippen LogP contribution in [0.4, 0.5) is 0 Å². The molecule has 84 valence electrons. The van der Waals surface area contributed by atoms with E-state index in [9.17, 15) is 0 Å². The third kappa shape index (κ3) is 3.82. The fourth-order valence-corrected chi connectivity index (χ4v) is 1.63. The number of rotatable bonds is 5. The Bertz CT molecular complexity index is 301.